The maximum atomic E-state index is 13.3. The average molecular weight is 350 g/mol. The van der Waals surface area contributed by atoms with E-state index in [2.05, 4.69) is 10.0 Å². The molecule has 1 heterocycles. The van der Waals surface area contributed by atoms with E-state index in [9.17, 15) is 21.6 Å². The van der Waals surface area contributed by atoms with Crippen LogP contribution in [0.2, 0.25) is 0 Å². The zero-order valence-electron chi connectivity index (χ0n) is 13.1. The highest BCUT2D eigenvalue weighted by Gasteiger charge is 2.38. The fourth-order valence-electron chi connectivity index (χ4n) is 2.59. The molecule has 1 aromatic carbocycles. The minimum Gasteiger partial charge on any atom is -0.317 e. The molecular formula is C15H21F3N2O2S. The van der Waals surface area contributed by atoms with Crippen molar-refractivity contribution in [1.82, 2.24) is 10.0 Å². The van der Waals surface area contributed by atoms with Crippen LogP contribution in [0.15, 0.2) is 23.1 Å². The van der Waals surface area contributed by atoms with Crippen LogP contribution in [0, 0.1) is 0 Å². The van der Waals surface area contributed by atoms with Gasteiger partial charge in [0.15, 0.2) is 0 Å². The lowest BCUT2D eigenvalue weighted by atomic mass is 10.0. The van der Waals surface area contributed by atoms with Crippen molar-refractivity contribution in [2.75, 3.05) is 13.1 Å². The number of nitrogens with one attached hydrogen (secondary N) is 2. The molecule has 130 valence electrons. The van der Waals surface area contributed by atoms with Crippen LogP contribution in [0.25, 0.3) is 0 Å². The molecule has 1 aromatic rings. The Kier molecular flexibility index (Phi) is 5.37. The van der Waals surface area contributed by atoms with Gasteiger partial charge in [-0.3, -0.25) is 0 Å². The van der Waals surface area contributed by atoms with E-state index in [0.29, 0.717) is 31.5 Å². The Balaban J connectivity index is 2.40. The Morgan fingerprint density at radius 1 is 1.22 bits per heavy atom. The van der Waals surface area contributed by atoms with Crippen molar-refractivity contribution in [3.05, 3.63) is 29.3 Å². The lowest BCUT2D eigenvalue weighted by Gasteiger charge is -2.24. The van der Waals surface area contributed by atoms with E-state index in [1.807, 2.05) is 0 Å². The van der Waals surface area contributed by atoms with Crippen molar-refractivity contribution in [1.29, 1.82) is 0 Å². The second-order valence-electron chi connectivity index (χ2n) is 6.05. The molecule has 1 aliphatic rings. The third-order valence-corrected chi connectivity index (χ3v) is 5.50. The van der Waals surface area contributed by atoms with Crippen LogP contribution < -0.4 is 10.0 Å². The summed E-state index contributed by atoms with van der Waals surface area (Å²) in [5.41, 5.74) is -0.650. The molecule has 1 fully saturated rings. The molecule has 0 spiro atoms. The summed E-state index contributed by atoms with van der Waals surface area (Å²) >= 11 is 0. The van der Waals surface area contributed by atoms with Crippen LogP contribution in [0.5, 0.6) is 0 Å². The maximum Gasteiger partial charge on any atom is 0.417 e. The fourth-order valence-corrected chi connectivity index (χ4v) is 4.10. The second-order valence-corrected chi connectivity index (χ2v) is 7.74. The van der Waals surface area contributed by atoms with Crippen LogP contribution in [-0.2, 0) is 16.2 Å². The zero-order chi connectivity index (χ0) is 17.3. The van der Waals surface area contributed by atoms with Gasteiger partial charge in [0, 0.05) is 6.04 Å². The number of piperidine rings is 1. The molecule has 0 saturated carbocycles. The molecule has 0 aromatic heterocycles. The largest absolute Gasteiger partial charge is 0.417 e. The summed E-state index contributed by atoms with van der Waals surface area (Å²) in [7, 11) is -4.21. The highest BCUT2D eigenvalue weighted by molar-refractivity contribution is 7.89. The minimum atomic E-state index is -4.72. The molecule has 0 amide bonds. The first-order valence-corrected chi connectivity index (χ1v) is 9.04. The maximum absolute atomic E-state index is 13.3. The lowest BCUT2D eigenvalue weighted by molar-refractivity contribution is -0.139. The Morgan fingerprint density at radius 2 is 1.83 bits per heavy atom. The normalized spacial score (nSPS) is 17.7. The quantitative estimate of drug-likeness (QED) is 0.878. The molecule has 8 heteroatoms. The van der Waals surface area contributed by atoms with Gasteiger partial charge in [-0.25, -0.2) is 13.1 Å². The van der Waals surface area contributed by atoms with Gasteiger partial charge in [-0.15, -0.1) is 0 Å². The highest BCUT2D eigenvalue weighted by Crippen LogP contribution is 2.36. The van der Waals surface area contributed by atoms with Crippen molar-refractivity contribution >= 4 is 10.0 Å². The Morgan fingerprint density at radius 3 is 2.35 bits per heavy atom. The van der Waals surface area contributed by atoms with Crippen molar-refractivity contribution < 1.29 is 21.6 Å². The average Bonchev–Trinajstić information content (AvgIpc) is 2.46. The van der Waals surface area contributed by atoms with Gasteiger partial charge in [0.25, 0.3) is 0 Å². The van der Waals surface area contributed by atoms with E-state index in [4.69, 9.17) is 0 Å². The summed E-state index contributed by atoms with van der Waals surface area (Å²) in [6, 6.07) is 3.09. The monoisotopic (exact) mass is 350 g/mol. The van der Waals surface area contributed by atoms with Crippen LogP contribution in [0.4, 0.5) is 13.2 Å². The third-order valence-electron chi connectivity index (χ3n) is 3.93. The number of benzene rings is 1. The summed E-state index contributed by atoms with van der Waals surface area (Å²) in [4.78, 5) is -0.701. The molecule has 0 bridgehead atoms. The van der Waals surface area contributed by atoms with E-state index in [0.717, 1.165) is 12.1 Å². The summed E-state index contributed by atoms with van der Waals surface area (Å²) in [5.74, 6) is -0.120. The molecule has 0 radical (unpaired) electrons. The van der Waals surface area contributed by atoms with Gasteiger partial charge < -0.3 is 5.32 Å². The van der Waals surface area contributed by atoms with E-state index >= 15 is 0 Å². The number of hydrogen-bond donors (Lipinski definition) is 2. The van der Waals surface area contributed by atoms with Gasteiger partial charge in [-0.05, 0) is 49.5 Å². The zero-order valence-corrected chi connectivity index (χ0v) is 13.9. The van der Waals surface area contributed by atoms with E-state index in [1.165, 1.54) is 6.07 Å². The molecule has 1 aliphatic heterocycles. The van der Waals surface area contributed by atoms with Crippen LogP contribution >= 0.6 is 0 Å². The molecule has 2 N–H and O–H groups in total. The summed E-state index contributed by atoms with van der Waals surface area (Å²) in [6.45, 7) is 4.81. The van der Waals surface area contributed by atoms with Gasteiger partial charge in [0.05, 0.1) is 10.5 Å². The number of rotatable bonds is 4. The van der Waals surface area contributed by atoms with Gasteiger partial charge >= 0.3 is 6.18 Å². The Hall–Kier alpha value is -1.12. The van der Waals surface area contributed by atoms with Crippen molar-refractivity contribution in [2.24, 2.45) is 0 Å². The summed E-state index contributed by atoms with van der Waals surface area (Å²) < 4.78 is 67.1. The second kappa shape index (κ2) is 6.78. The first-order chi connectivity index (χ1) is 10.6. The standard InChI is InChI=1S/C15H21F3N2O2S/c1-10(2)11-3-4-14(13(9-11)15(16,17)18)23(21,22)20-12-5-7-19-8-6-12/h3-4,9-10,12,19-20H,5-8H2,1-2H3. The SMILES string of the molecule is CC(C)c1ccc(S(=O)(=O)NC2CCNCC2)c(C(F)(F)F)c1. The molecule has 0 aliphatic carbocycles. The van der Waals surface area contributed by atoms with Crippen molar-refractivity contribution in [3.8, 4) is 0 Å². The first kappa shape index (κ1) is 18.2. The molecule has 2 rings (SSSR count). The Labute approximate surface area is 134 Å². The molecule has 0 atom stereocenters. The predicted octanol–water partition coefficient (Wildman–Crippen LogP) is 2.86. The predicted molar refractivity (Wildman–Crippen MR) is 81.7 cm³/mol. The number of halogens is 3. The van der Waals surface area contributed by atoms with Gasteiger partial charge in [-0.2, -0.15) is 13.2 Å². The molecule has 1 saturated heterocycles. The van der Waals surface area contributed by atoms with Crippen LogP contribution in [0.1, 0.15) is 43.7 Å². The summed E-state index contributed by atoms with van der Waals surface area (Å²) in [6.07, 6.45) is -3.60. The van der Waals surface area contributed by atoms with Gasteiger partial charge in [0.2, 0.25) is 10.0 Å². The van der Waals surface area contributed by atoms with Crippen LogP contribution in [0.3, 0.4) is 0 Å². The van der Waals surface area contributed by atoms with Crippen LogP contribution in [-0.4, -0.2) is 27.5 Å². The van der Waals surface area contributed by atoms with E-state index < -0.39 is 26.7 Å². The molecule has 0 unspecified atom stereocenters. The van der Waals surface area contributed by atoms with Crippen molar-refractivity contribution in [3.63, 3.8) is 0 Å². The van der Waals surface area contributed by atoms with Crippen molar-refractivity contribution in [2.45, 2.75) is 49.7 Å². The molecule has 23 heavy (non-hydrogen) atoms. The first-order valence-electron chi connectivity index (χ1n) is 7.55. The minimum absolute atomic E-state index is 0.120. The highest BCUT2D eigenvalue weighted by atomic mass is 32.2. The number of hydrogen-bond acceptors (Lipinski definition) is 3. The fraction of sp³-hybridized carbons (Fsp3) is 0.600. The third kappa shape index (κ3) is 4.45. The molecule has 4 nitrogen and oxygen atoms in total. The Bertz CT molecular complexity index is 651. The summed E-state index contributed by atoms with van der Waals surface area (Å²) in [5, 5.41) is 3.08. The molecular weight excluding hydrogens is 329 g/mol. The lowest BCUT2D eigenvalue weighted by Crippen LogP contribution is -2.43. The number of sulfonamides is 1. The smallest absolute Gasteiger partial charge is 0.317 e. The van der Waals surface area contributed by atoms with Gasteiger partial charge in [-0.1, -0.05) is 19.9 Å². The van der Waals surface area contributed by atoms with Gasteiger partial charge in [0.1, 0.15) is 0 Å². The number of alkyl halides is 3. The van der Waals surface area contributed by atoms with E-state index in [-0.39, 0.29) is 12.0 Å². The van der Waals surface area contributed by atoms with E-state index in [1.54, 1.807) is 13.8 Å². The topological polar surface area (TPSA) is 58.2 Å².